The summed E-state index contributed by atoms with van der Waals surface area (Å²) in [5.41, 5.74) is -0.588. The van der Waals surface area contributed by atoms with E-state index in [1.165, 1.54) is 12.1 Å². The smallest absolute Gasteiger partial charge is 0.229 e. The molecule has 0 atom stereocenters. The van der Waals surface area contributed by atoms with Crippen molar-refractivity contribution in [1.82, 2.24) is 4.90 Å². The van der Waals surface area contributed by atoms with Crippen molar-refractivity contribution in [1.29, 1.82) is 0 Å². The van der Waals surface area contributed by atoms with Crippen LogP contribution in [0.5, 0.6) is 5.75 Å². The number of hydrogen-bond donors (Lipinski definition) is 0. The average Bonchev–Trinajstić information content (AvgIpc) is 2.37. The maximum Gasteiger partial charge on any atom is 0.229 e. The number of hydrogen-bond acceptors (Lipinski definition) is 2. The van der Waals surface area contributed by atoms with Crippen LogP contribution in [0.1, 0.15) is 13.8 Å². The first-order valence-corrected chi connectivity index (χ1v) is 6.60. The fourth-order valence-electron chi connectivity index (χ4n) is 1.53. The molecule has 0 aliphatic heterocycles. The summed E-state index contributed by atoms with van der Waals surface area (Å²) in [4.78, 5) is 13.6. The molecular formula is C14H19ClFNO2. The summed E-state index contributed by atoms with van der Waals surface area (Å²) in [5.74, 6) is 0.342. The van der Waals surface area contributed by atoms with E-state index in [9.17, 15) is 9.18 Å². The number of amides is 1. The van der Waals surface area contributed by atoms with Gasteiger partial charge in [0.1, 0.15) is 18.2 Å². The molecule has 0 radical (unpaired) electrons. The summed E-state index contributed by atoms with van der Waals surface area (Å²) in [6.07, 6.45) is 0. The molecule has 1 aromatic rings. The number of carbonyl (C=O) groups excluding carboxylic acids is 1. The normalized spacial score (nSPS) is 11.2. The van der Waals surface area contributed by atoms with Crippen LogP contribution >= 0.6 is 11.6 Å². The van der Waals surface area contributed by atoms with Gasteiger partial charge in [0.2, 0.25) is 5.91 Å². The highest BCUT2D eigenvalue weighted by Crippen LogP contribution is 2.20. The largest absolute Gasteiger partial charge is 0.492 e. The van der Waals surface area contributed by atoms with Gasteiger partial charge in [-0.3, -0.25) is 4.79 Å². The van der Waals surface area contributed by atoms with E-state index in [-0.39, 0.29) is 17.6 Å². The Morgan fingerprint density at radius 3 is 2.74 bits per heavy atom. The number of rotatable bonds is 6. The summed E-state index contributed by atoms with van der Waals surface area (Å²) >= 11 is 5.76. The van der Waals surface area contributed by atoms with Gasteiger partial charge in [-0.05, 0) is 26.0 Å². The van der Waals surface area contributed by atoms with E-state index in [1.54, 1.807) is 37.9 Å². The maximum absolute atomic E-state index is 12.9. The number of benzene rings is 1. The van der Waals surface area contributed by atoms with Gasteiger partial charge < -0.3 is 9.64 Å². The van der Waals surface area contributed by atoms with Gasteiger partial charge in [-0.15, -0.1) is 11.6 Å². The fraction of sp³-hybridized carbons (Fsp3) is 0.500. The van der Waals surface area contributed by atoms with Crippen LogP contribution in [0.2, 0.25) is 0 Å². The second-order valence-electron chi connectivity index (χ2n) is 5.05. The van der Waals surface area contributed by atoms with E-state index in [2.05, 4.69) is 0 Å². The number of likely N-dealkylation sites (N-methyl/N-ethyl adjacent to an activating group) is 1. The summed E-state index contributed by atoms with van der Waals surface area (Å²) in [6.45, 7) is 4.33. The Labute approximate surface area is 118 Å². The minimum atomic E-state index is -0.588. The molecule has 0 saturated heterocycles. The van der Waals surface area contributed by atoms with Crippen molar-refractivity contribution in [3.8, 4) is 5.75 Å². The predicted molar refractivity (Wildman–Crippen MR) is 74.0 cm³/mol. The molecule has 0 bridgehead atoms. The highest BCUT2D eigenvalue weighted by Gasteiger charge is 2.29. The van der Waals surface area contributed by atoms with Gasteiger partial charge in [0, 0.05) is 19.0 Å². The minimum Gasteiger partial charge on any atom is -0.492 e. The van der Waals surface area contributed by atoms with Gasteiger partial charge in [-0.25, -0.2) is 4.39 Å². The highest BCUT2D eigenvalue weighted by atomic mass is 35.5. The van der Waals surface area contributed by atoms with Crippen LogP contribution in [0.25, 0.3) is 0 Å². The lowest BCUT2D eigenvalue weighted by molar-refractivity contribution is -0.138. The molecule has 0 unspecified atom stereocenters. The van der Waals surface area contributed by atoms with E-state index in [0.29, 0.717) is 18.9 Å². The Morgan fingerprint density at radius 2 is 2.16 bits per heavy atom. The molecular weight excluding hydrogens is 269 g/mol. The third-order valence-corrected chi connectivity index (χ3v) is 3.42. The third-order valence-electron chi connectivity index (χ3n) is 2.75. The summed E-state index contributed by atoms with van der Waals surface area (Å²) in [5, 5.41) is 0. The first-order chi connectivity index (χ1) is 8.86. The highest BCUT2D eigenvalue weighted by molar-refractivity contribution is 6.19. The minimum absolute atomic E-state index is 0.0367. The van der Waals surface area contributed by atoms with Crippen molar-refractivity contribution in [2.24, 2.45) is 5.41 Å². The Morgan fingerprint density at radius 1 is 1.47 bits per heavy atom. The topological polar surface area (TPSA) is 29.5 Å². The van der Waals surface area contributed by atoms with Gasteiger partial charge in [0.05, 0.1) is 12.0 Å². The number of nitrogens with zero attached hydrogens (tertiary/aromatic N) is 1. The quantitative estimate of drug-likeness (QED) is 0.753. The second-order valence-corrected chi connectivity index (χ2v) is 5.32. The van der Waals surface area contributed by atoms with Crippen LogP contribution in [0.4, 0.5) is 4.39 Å². The van der Waals surface area contributed by atoms with Crippen molar-refractivity contribution < 1.29 is 13.9 Å². The SMILES string of the molecule is CN(CCOc1cccc(F)c1)C(=O)C(C)(C)CCl. The zero-order valence-electron chi connectivity index (χ0n) is 11.5. The molecule has 1 rings (SSSR count). The molecule has 0 aliphatic carbocycles. The van der Waals surface area contributed by atoms with Gasteiger partial charge >= 0.3 is 0 Å². The zero-order valence-corrected chi connectivity index (χ0v) is 12.2. The Hall–Kier alpha value is -1.29. The van der Waals surface area contributed by atoms with Crippen molar-refractivity contribution in [2.45, 2.75) is 13.8 Å². The lowest BCUT2D eigenvalue weighted by Gasteiger charge is -2.27. The number of halogens is 2. The zero-order chi connectivity index (χ0) is 14.5. The van der Waals surface area contributed by atoms with E-state index >= 15 is 0 Å². The molecule has 1 aromatic carbocycles. The molecule has 3 nitrogen and oxygen atoms in total. The molecule has 5 heteroatoms. The Kier molecular flexibility index (Phi) is 5.60. The molecule has 0 aliphatic rings. The molecule has 0 aromatic heterocycles. The molecule has 0 spiro atoms. The standard InChI is InChI=1S/C14H19ClFNO2/c1-14(2,10-15)13(18)17(3)7-8-19-12-6-4-5-11(16)9-12/h4-6,9H,7-8,10H2,1-3H3. The van der Waals surface area contributed by atoms with Crippen molar-refractivity contribution >= 4 is 17.5 Å². The lowest BCUT2D eigenvalue weighted by Crippen LogP contribution is -2.41. The van der Waals surface area contributed by atoms with Crippen LogP contribution in [0, 0.1) is 11.2 Å². The fourth-order valence-corrected chi connectivity index (χ4v) is 1.65. The van der Waals surface area contributed by atoms with Crippen LogP contribution in [-0.2, 0) is 4.79 Å². The van der Waals surface area contributed by atoms with Gasteiger partial charge in [0.15, 0.2) is 0 Å². The molecule has 0 saturated carbocycles. The Balaban J connectivity index is 2.43. The van der Waals surface area contributed by atoms with Crippen LogP contribution < -0.4 is 4.74 Å². The van der Waals surface area contributed by atoms with Gasteiger partial charge in [-0.2, -0.15) is 0 Å². The summed E-state index contributed by atoms with van der Waals surface area (Å²) in [7, 11) is 1.70. The van der Waals surface area contributed by atoms with Gasteiger partial charge in [-0.1, -0.05) is 6.07 Å². The molecule has 106 valence electrons. The first-order valence-electron chi connectivity index (χ1n) is 6.07. The first kappa shape index (κ1) is 15.8. The number of alkyl halides is 1. The molecule has 1 amide bonds. The molecule has 0 fully saturated rings. The maximum atomic E-state index is 12.9. The summed E-state index contributed by atoms with van der Waals surface area (Å²) in [6, 6.07) is 5.92. The third kappa shape index (κ3) is 4.71. The van der Waals surface area contributed by atoms with E-state index in [4.69, 9.17) is 16.3 Å². The number of carbonyl (C=O) groups is 1. The number of ether oxygens (including phenoxy) is 1. The molecule has 0 heterocycles. The second kappa shape index (κ2) is 6.75. The average molecular weight is 288 g/mol. The van der Waals surface area contributed by atoms with Crippen LogP contribution in [0.3, 0.4) is 0 Å². The lowest BCUT2D eigenvalue weighted by atomic mass is 9.94. The van der Waals surface area contributed by atoms with Gasteiger partial charge in [0.25, 0.3) is 0 Å². The van der Waals surface area contributed by atoms with E-state index < -0.39 is 5.41 Å². The predicted octanol–water partition coefficient (Wildman–Crippen LogP) is 2.93. The Bertz CT molecular complexity index is 437. The van der Waals surface area contributed by atoms with E-state index in [1.807, 2.05) is 0 Å². The summed E-state index contributed by atoms with van der Waals surface area (Å²) < 4.78 is 18.3. The molecule has 0 N–H and O–H groups in total. The van der Waals surface area contributed by atoms with Crippen LogP contribution in [0.15, 0.2) is 24.3 Å². The van der Waals surface area contributed by atoms with E-state index in [0.717, 1.165) is 0 Å². The monoisotopic (exact) mass is 287 g/mol. The molecule has 19 heavy (non-hydrogen) atoms. The van der Waals surface area contributed by atoms with Crippen molar-refractivity contribution in [3.05, 3.63) is 30.1 Å². The van der Waals surface area contributed by atoms with Crippen molar-refractivity contribution in [3.63, 3.8) is 0 Å². The van der Waals surface area contributed by atoms with Crippen molar-refractivity contribution in [2.75, 3.05) is 26.1 Å². The van der Waals surface area contributed by atoms with Crippen LogP contribution in [-0.4, -0.2) is 36.9 Å².